The average molecular weight is 445 g/mol. The van der Waals surface area contributed by atoms with E-state index in [9.17, 15) is 9.59 Å². The lowest BCUT2D eigenvalue weighted by Gasteiger charge is -2.09. The number of carbonyl (C=O) groups is 2. The smallest absolute Gasteiger partial charge is 0.341 e. The monoisotopic (exact) mass is 444 g/mol. The van der Waals surface area contributed by atoms with Crippen LogP contribution in [-0.4, -0.2) is 39.0 Å². The molecule has 1 amide bonds. The molecule has 158 valence electrons. The summed E-state index contributed by atoms with van der Waals surface area (Å²) in [6.45, 7) is 8.01. The lowest BCUT2D eigenvalue weighted by atomic mass is 10.1. The van der Waals surface area contributed by atoms with Gasteiger partial charge < -0.3 is 10.1 Å². The first-order valence-electron chi connectivity index (χ1n) is 9.63. The van der Waals surface area contributed by atoms with Gasteiger partial charge in [-0.3, -0.25) is 9.36 Å². The van der Waals surface area contributed by atoms with Gasteiger partial charge in [0, 0.05) is 10.6 Å². The predicted molar refractivity (Wildman–Crippen MR) is 120 cm³/mol. The van der Waals surface area contributed by atoms with Crippen molar-refractivity contribution >= 4 is 40.0 Å². The summed E-state index contributed by atoms with van der Waals surface area (Å²) >= 11 is 2.68. The van der Waals surface area contributed by atoms with Crippen molar-refractivity contribution in [1.82, 2.24) is 14.8 Å². The lowest BCUT2D eigenvalue weighted by Crippen LogP contribution is -2.17. The van der Waals surface area contributed by atoms with E-state index in [4.69, 9.17) is 4.74 Å². The van der Waals surface area contributed by atoms with Gasteiger partial charge in [0.2, 0.25) is 5.91 Å². The van der Waals surface area contributed by atoms with Gasteiger partial charge >= 0.3 is 5.97 Å². The van der Waals surface area contributed by atoms with Crippen molar-refractivity contribution in [3.63, 3.8) is 0 Å². The van der Waals surface area contributed by atoms with Gasteiger partial charge in [-0.1, -0.05) is 36.4 Å². The Morgan fingerprint density at radius 1 is 1.20 bits per heavy atom. The third kappa shape index (κ3) is 4.91. The minimum absolute atomic E-state index is 0.144. The second-order valence-corrected chi connectivity index (χ2v) is 8.74. The molecule has 0 fully saturated rings. The number of anilines is 1. The summed E-state index contributed by atoms with van der Waals surface area (Å²) in [5.41, 5.74) is 3.47. The molecule has 1 N–H and O–H groups in total. The summed E-state index contributed by atoms with van der Waals surface area (Å²) in [6.07, 6.45) is 2.32. The number of aryl methyl sites for hydroxylation is 2. The highest BCUT2D eigenvalue weighted by Crippen LogP contribution is 2.34. The Bertz CT molecular complexity index is 1040. The van der Waals surface area contributed by atoms with Crippen LogP contribution < -0.4 is 5.32 Å². The molecule has 7 nitrogen and oxygen atoms in total. The molecule has 0 aliphatic rings. The van der Waals surface area contributed by atoms with E-state index in [-0.39, 0.29) is 18.3 Å². The SMILES string of the molecule is CCOC(=O)c1c(NC(=O)CSc2nncn2-c2ccc(C)cc2)sc(C)c1CC. The van der Waals surface area contributed by atoms with Crippen LogP contribution in [0.15, 0.2) is 35.7 Å². The number of thioether (sulfide) groups is 1. The molecule has 0 unspecified atom stereocenters. The van der Waals surface area contributed by atoms with Crippen molar-refractivity contribution in [3.05, 3.63) is 52.2 Å². The maximum absolute atomic E-state index is 12.6. The number of amides is 1. The molecule has 0 saturated carbocycles. The molecular formula is C21H24N4O3S2. The molecule has 0 radical (unpaired) electrons. The number of aromatic nitrogens is 3. The summed E-state index contributed by atoms with van der Waals surface area (Å²) in [5, 5.41) is 12.1. The zero-order valence-electron chi connectivity index (χ0n) is 17.4. The molecule has 0 saturated heterocycles. The van der Waals surface area contributed by atoms with Gasteiger partial charge in [-0.25, -0.2) is 4.79 Å². The molecular weight excluding hydrogens is 420 g/mol. The van der Waals surface area contributed by atoms with Crippen molar-refractivity contribution < 1.29 is 14.3 Å². The molecule has 3 aromatic rings. The maximum Gasteiger partial charge on any atom is 0.341 e. The fraction of sp³-hybridized carbons (Fsp3) is 0.333. The average Bonchev–Trinajstić information content (AvgIpc) is 3.31. The highest BCUT2D eigenvalue weighted by atomic mass is 32.2. The zero-order valence-corrected chi connectivity index (χ0v) is 19.0. The van der Waals surface area contributed by atoms with Gasteiger partial charge in [-0.2, -0.15) is 0 Å². The number of thiophene rings is 1. The number of carbonyl (C=O) groups excluding carboxylic acids is 2. The molecule has 2 aromatic heterocycles. The van der Waals surface area contributed by atoms with Crippen molar-refractivity contribution in [2.75, 3.05) is 17.7 Å². The van der Waals surface area contributed by atoms with Gasteiger partial charge in [0.15, 0.2) is 5.16 Å². The van der Waals surface area contributed by atoms with Gasteiger partial charge in [0.25, 0.3) is 0 Å². The minimum atomic E-state index is -0.402. The molecule has 0 atom stereocenters. The standard InChI is InChI=1S/C21H24N4O3S2/c1-5-16-14(4)30-19(18(16)20(27)28-6-2)23-17(26)11-29-21-24-22-12-25(21)15-9-7-13(3)8-10-15/h7-10,12H,5-6,11H2,1-4H3,(H,23,26). The van der Waals surface area contributed by atoms with E-state index in [1.165, 1.54) is 23.1 Å². The fourth-order valence-corrected chi connectivity index (χ4v) is 4.89. The molecule has 30 heavy (non-hydrogen) atoms. The fourth-order valence-electron chi connectivity index (χ4n) is 3.01. The Morgan fingerprint density at radius 3 is 2.60 bits per heavy atom. The van der Waals surface area contributed by atoms with Gasteiger partial charge in [0.05, 0.1) is 17.9 Å². The molecule has 0 bridgehead atoms. The number of hydrogen-bond donors (Lipinski definition) is 1. The van der Waals surface area contributed by atoms with Crippen molar-refractivity contribution in [2.45, 2.75) is 39.3 Å². The van der Waals surface area contributed by atoms with Gasteiger partial charge in [-0.15, -0.1) is 21.5 Å². The molecule has 0 aliphatic heterocycles. The molecule has 0 spiro atoms. The van der Waals surface area contributed by atoms with E-state index in [0.717, 1.165) is 21.7 Å². The first kappa shape index (κ1) is 22.0. The Morgan fingerprint density at radius 2 is 1.93 bits per heavy atom. The number of hydrogen-bond acceptors (Lipinski definition) is 7. The van der Waals surface area contributed by atoms with Crippen LogP contribution in [0, 0.1) is 13.8 Å². The van der Waals surface area contributed by atoms with Crippen LogP contribution in [0.2, 0.25) is 0 Å². The topological polar surface area (TPSA) is 86.1 Å². The van der Waals surface area contributed by atoms with Crippen LogP contribution in [0.25, 0.3) is 5.69 Å². The van der Waals surface area contributed by atoms with Crippen molar-refractivity contribution in [1.29, 1.82) is 0 Å². The molecule has 3 rings (SSSR count). The van der Waals surface area contributed by atoms with Crippen LogP contribution in [0.4, 0.5) is 5.00 Å². The van der Waals surface area contributed by atoms with Crippen LogP contribution in [0.3, 0.4) is 0 Å². The Hall–Kier alpha value is -2.65. The van der Waals surface area contributed by atoms with Crippen molar-refractivity contribution in [3.8, 4) is 5.69 Å². The van der Waals surface area contributed by atoms with Crippen LogP contribution in [-0.2, 0) is 16.0 Å². The van der Waals surface area contributed by atoms with Gasteiger partial charge in [0.1, 0.15) is 11.3 Å². The number of ether oxygens (including phenoxy) is 1. The molecule has 0 aliphatic carbocycles. The van der Waals surface area contributed by atoms with E-state index in [1.54, 1.807) is 13.3 Å². The quantitative estimate of drug-likeness (QED) is 0.409. The normalized spacial score (nSPS) is 10.8. The Labute approximate surface area is 183 Å². The third-order valence-electron chi connectivity index (χ3n) is 4.46. The summed E-state index contributed by atoms with van der Waals surface area (Å²) in [7, 11) is 0. The summed E-state index contributed by atoms with van der Waals surface area (Å²) in [5.74, 6) is -0.473. The second-order valence-electron chi connectivity index (χ2n) is 6.57. The number of nitrogens with one attached hydrogen (secondary N) is 1. The van der Waals surface area contributed by atoms with E-state index in [0.29, 0.717) is 22.1 Å². The highest BCUT2D eigenvalue weighted by molar-refractivity contribution is 7.99. The highest BCUT2D eigenvalue weighted by Gasteiger charge is 2.23. The summed E-state index contributed by atoms with van der Waals surface area (Å²) < 4.78 is 7.03. The van der Waals surface area contributed by atoms with Crippen LogP contribution >= 0.6 is 23.1 Å². The van der Waals surface area contributed by atoms with Crippen LogP contribution in [0.5, 0.6) is 0 Å². The zero-order chi connectivity index (χ0) is 21.7. The second kappa shape index (κ2) is 9.90. The van der Waals surface area contributed by atoms with E-state index in [2.05, 4.69) is 15.5 Å². The Balaban J connectivity index is 1.71. The Kier molecular flexibility index (Phi) is 7.28. The number of esters is 1. The van der Waals surface area contributed by atoms with Crippen LogP contribution in [0.1, 0.15) is 40.2 Å². The number of rotatable bonds is 8. The molecule has 2 heterocycles. The van der Waals surface area contributed by atoms with Crippen molar-refractivity contribution in [2.24, 2.45) is 0 Å². The summed E-state index contributed by atoms with van der Waals surface area (Å²) in [6, 6.07) is 7.99. The number of benzene rings is 1. The van der Waals surface area contributed by atoms with E-state index in [1.807, 2.05) is 49.6 Å². The molecule has 9 heteroatoms. The lowest BCUT2D eigenvalue weighted by molar-refractivity contribution is -0.113. The third-order valence-corrected chi connectivity index (χ3v) is 6.46. The first-order valence-corrected chi connectivity index (χ1v) is 11.4. The number of nitrogens with zero attached hydrogens (tertiary/aromatic N) is 3. The summed E-state index contributed by atoms with van der Waals surface area (Å²) in [4.78, 5) is 26.0. The van der Waals surface area contributed by atoms with E-state index >= 15 is 0 Å². The van der Waals surface area contributed by atoms with Gasteiger partial charge in [-0.05, 0) is 44.9 Å². The van der Waals surface area contributed by atoms with E-state index < -0.39 is 5.97 Å². The predicted octanol–water partition coefficient (Wildman–Crippen LogP) is 4.42. The molecule has 1 aromatic carbocycles. The largest absolute Gasteiger partial charge is 0.462 e. The minimum Gasteiger partial charge on any atom is -0.462 e. The maximum atomic E-state index is 12.6. The first-order chi connectivity index (χ1) is 14.4.